The molecule has 31 heavy (non-hydrogen) atoms. The van der Waals surface area contributed by atoms with E-state index in [0.29, 0.717) is 17.6 Å². The van der Waals surface area contributed by atoms with E-state index in [1.54, 1.807) is 6.92 Å². The van der Waals surface area contributed by atoms with Crippen LogP contribution in [0.4, 0.5) is 0 Å². The van der Waals surface area contributed by atoms with Gasteiger partial charge in [0.1, 0.15) is 28.1 Å². The smallest absolute Gasteiger partial charge is 0.204 e. The minimum atomic E-state index is -1.01. The van der Waals surface area contributed by atoms with E-state index in [1.807, 2.05) is 19.9 Å². The lowest BCUT2D eigenvalue weighted by molar-refractivity contribution is 0.209. The van der Waals surface area contributed by atoms with E-state index in [1.165, 1.54) is 19.2 Å². The van der Waals surface area contributed by atoms with Gasteiger partial charge in [-0.15, -0.1) is 0 Å². The van der Waals surface area contributed by atoms with Gasteiger partial charge in [-0.2, -0.15) is 0 Å². The van der Waals surface area contributed by atoms with Crippen molar-refractivity contribution in [1.29, 1.82) is 0 Å². The van der Waals surface area contributed by atoms with Crippen molar-refractivity contribution in [3.8, 4) is 23.0 Å². The first-order valence-corrected chi connectivity index (χ1v) is 9.76. The zero-order valence-corrected chi connectivity index (χ0v) is 17.9. The van der Waals surface area contributed by atoms with Crippen LogP contribution >= 0.6 is 0 Å². The Balaban J connectivity index is 2.42. The lowest BCUT2D eigenvalue weighted by Crippen LogP contribution is -2.13. The van der Waals surface area contributed by atoms with Crippen molar-refractivity contribution in [2.75, 3.05) is 7.11 Å². The zero-order valence-electron chi connectivity index (χ0n) is 17.9. The van der Waals surface area contributed by atoms with Gasteiger partial charge in [-0.1, -0.05) is 23.8 Å². The summed E-state index contributed by atoms with van der Waals surface area (Å²) in [6, 6.07) is 2.49. The number of methoxy groups -OCH3 is 1. The third kappa shape index (κ3) is 3.96. The molecule has 1 aromatic heterocycles. The van der Waals surface area contributed by atoms with Gasteiger partial charge in [0.2, 0.25) is 5.43 Å². The fourth-order valence-electron chi connectivity index (χ4n) is 3.52. The summed E-state index contributed by atoms with van der Waals surface area (Å²) in [6.45, 7) is 9.10. The lowest BCUT2D eigenvalue weighted by atomic mass is 9.97. The molecule has 0 amide bonds. The molecular weight excluding hydrogens is 400 g/mol. The molecule has 1 heterocycles. The highest BCUT2D eigenvalue weighted by molar-refractivity contribution is 5.97. The molecular formula is C24H26O7. The monoisotopic (exact) mass is 426 g/mol. The number of rotatable bonds is 6. The maximum Gasteiger partial charge on any atom is 0.204 e. The second kappa shape index (κ2) is 8.35. The highest BCUT2D eigenvalue weighted by Gasteiger charge is 2.24. The van der Waals surface area contributed by atoms with Crippen LogP contribution in [0.1, 0.15) is 31.9 Å². The zero-order chi connectivity index (χ0) is 23.0. The molecule has 1 atom stereocenters. The van der Waals surface area contributed by atoms with Crippen LogP contribution in [0.2, 0.25) is 0 Å². The standard InChI is InChI=1S/C24H26O7/c1-11(2)6-7-13-20-18(10-17(27)24(13)30-5)31-19-9-16(26)14(8-15(25)12(3)4)22(28)21(19)23(20)29/h6,9-10,15,25-28H,3,7-8H2,1-2,4-5H3/t15-/m0/s1. The molecule has 0 aliphatic rings. The summed E-state index contributed by atoms with van der Waals surface area (Å²) in [4.78, 5) is 13.5. The minimum absolute atomic E-state index is 0.0197. The average Bonchev–Trinajstić information content (AvgIpc) is 2.68. The molecule has 3 rings (SSSR count). The first-order valence-electron chi connectivity index (χ1n) is 9.76. The molecule has 0 saturated heterocycles. The number of aliphatic hydroxyl groups excluding tert-OH is 1. The van der Waals surface area contributed by atoms with Crippen molar-refractivity contribution in [2.24, 2.45) is 0 Å². The number of phenolic OH excluding ortho intramolecular Hbond substituents is 3. The van der Waals surface area contributed by atoms with E-state index in [0.717, 1.165) is 5.57 Å². The van der Waals surface area contributed by atoms with Gasteiger partial charge in [0.15, 0.2) is 11.5 Å². The van der Waals surface area contributed by atoms with Crippen LogP contribution in [-0.4, -0.2) is 33.6 Å². The average molecular weight is 426 g/mol. The van der Waals surface area contributed by atoms with Crippen molar-refractivity contribution in [3.63, 3.8) is 0 Å². The number of phenols is 3. The highest BCUT2D eigenvalue weighted by atomic mass is 16.5. The molecule has 4 N–H and O–H groups in total. The number of fused-ring (bicyclic) bond motifs is 2. The maximum atomic E-state index is 13.5. The van der Waals surface area contributed by atoms with E-state index in [-0.39, 0.29) is 51.2 Å². The van der Waals surface area contributed by atoms with E-state index >= 15 is 0 Å². The third-order valence-corrected chi connectivity index (χ3v) is 5.23. The largest absolute Gasteiger partial charge is 0.507 e. The minimum Gasteiger partial charge on any atom is -0.507 e. The summed E-state index contributed by atoms with van der Waals surface area (Å²) in [5, 5.41) is 41.8. The molecule has 0 saturated carbocycles. The predicted molar refractivity (Wildman–Crippen MR) is 119 cm³/mol. The van der Waals surface area contributed by atoms with E-state index in [4.69, 9.17) is 9.15 Å². The maximum absolute atomic E-state index is 13.5. The Kier molecular flexibility index (Phi) is 5.99. The van der Waals surface area contributed by atoms with Gasteiger partial charge in [0, 0.05) is 29.7 Å². The number of hydrogen-bond acceptors (Lipinski definition) is 7. The second-order valence-electron chi connectivity index (χ2n) is 7.86. The summed E-state index contributed by atoms with van der Waals surface area (Å²) in [5.41, 5.74) is 1.42. The van der Waals surface area contributed by atoms with Gasteiger partial charge >= 0.3 is 0 Å². The van der Waals surface area contributed by atoms with Crippen molar-refractivity contribution in [1.82, 2.24) is 0 Å². The van der Waals surface area contributed by atoms with Gasteiger partial charge in [0.25, 0.3) is 0 Å². The molecule has 0 aliphatic carbocycles. The third-order valence-electron chi connectivity index (χ3n) is 5.23. The van der Waals surface area contributed by atoms with Crippen LogP contribution < -0.4 is 10.2 Å². The quantitative estimate of drug-likeness (QED) is 0.346. The second-order valence-corrected chi connectivity index (χ2v) is 7.86. The van der Waals surface area contributed by atoms with E-state index < -0.39 is 17.3 Å². The van der Waals surface area contributed by atoms with Crippen LogP contribution in [0.5, 0.6) is 23.0 Å². The SMILES string of the molecule is C=C(C)[C@@H](O)Cc1c(O)cc2oc3cc(O)c(OC)c(CC=C(C)C)c3c(=O)c2c1O. The Hall–Kier alpha value is -3.45. The fraction of sp³-hybridized carbons (Fsp3) is 0.292. The molecule has 0 spiro atoms. The Morgan fingerprint density at radius 3 is 2.29 bits per heavy atom. The van der Waals surface area contributed by atoms with Crippen molar-refractivity contribution < 1.29 is 29.6 Å². The Bertz CT molecular complexity index is 1280. The molecule has 7 nitrogen and oxygen atoms in total. The molecule has 0 aliphatic heterocycles. The number of aromatic hydroxyl groups is 3. The molecule has 0 radical (unpaired) electrons. The van der Waals surface area contributed by atoms with Gasteiger partial charge in [0.05, 0.1) is 18.6 Å². The van der Waals surface area contributed by atoms with Gasteiger partial charge in [-0.25, -0.2) is 0 Å². The van der Waals surface area contributed by atoms with Crippen molar-refractivity contribution in [2.45, 2.75) is 39.7 Å². The Morgan fingerprint density at radius 2 is 1.71 bits per heavy atom. The number of hydrogen-bond donors (Lipinski definition) is 4. The summed E-state index contributed by atoms with van der Waals surface area (Å²) in [6.07, 6.45) is 1.05. The normalized spacial score (nSPS) is 12.2. The summed E-state index contributed by atoms with van der Waals surface area (Å²) >= 11 is 0. The Labute approximate surface area is 179 Å². The molecule has 7 heteroatoms. The van der Waals surface area contributed by atoms with E-state index in [2.05, 4.69) is 6.58 Å². The fourth-order valence-corrected chi connectivity index (χ4v) is 3.52. The topological polar surface area (TPSA) is 120 Å². The highest BCUT2D eigenvalue weighted by Crippen LogP contribution is 2.40. The first-order chi connectivity index (χ1) is 14.6. The predicted octanol–water partition coefficient (Wildman–Crippen LogP) is 4.06. The molecule has 3 aromatic rings. The number of ether oxygens (including phenoxy) is 1. The Morgan fingerprint density at radius 1 is 1.10 bits per heavy atom. The summed E-state index contributed by atoms with van der Waals surface area (Å²) in [5.74, 6) is -0.835. The van der Waals surface area contributed by atoms with Crippen molar-refractivity contribution in [3.05, 3.63) is 57.3 Å². The lowest BCUT2D eigenvalue weighted by Gasteiger charge is -2.16. The van der Waals surface area contributed by atoms with Crippen LogP contribution in [0, 0.1) is 0 Å². The van der Waals surface area contributed by atoms with Crippen LogP contribution in [0.15, 0.2) is 45.1 Å². The molecule has 0 bridgehead atoms. The number of benzene rings is 2. The summed E-state index contributed by atoms with van der Waals surface area (Å²) in [7, 11) is 1.39. The van der Waals surface area contributed by atoms with Gasteiger partial charge in [-0.3, -0.25) is 4.79 Å². The molecule has 164 valence electrons. The number of allylic oxidation sites excluding steroid dienone is 2. The first kappa shape index (κ1) is 22.2. The number of aliphatic hydroxyl groups is 1. The molecule has 2 aromatic carbocycles. The van der Waals surface area contributed by atoms with Crippen LogP contribution in [0.3, 0.4) is 0 Å². The van der Waals surface area contributed by atoms with Gasteiger partial charge in [-0.05, 0) is 27.2 Å². The van der Waals surface area contributed by atoms with Crippen molar-refractivity contribution >= 4 is 21.9 Å². The van der Waals surface area contributed by atoms with Crippen LogP contribution in [-0.2, 0) is 12.8 Å². The summed E-state index contributed by atoms with van der Waals surface area (Å²) < 4.78 is 11.1. The van der Waals surface area contributed by atoms with Gasteiger partial charge < -0.3 is 29.6 Å². The van der Waals surface area contributed by atoms with E-state index in [9.17, 15) is 25.2 Å². The molecule has 0 fully saturated rings. The molecule has 0 unspecified atom stereocenters. The van der Waals surface area contributed by atoms with Crippen LogP contribution in [0.25, 0.3) is 21.9 Å².